The second-order valence-electron chi connectivity index (χ2n) is 4.97. The molecule has 2 nitrogen and oxygen atoms in total. The monoisotopic (exact) mass is 245 g/mol. The third kappa shape index (κ3) is 3.50. The van der Waals surface area contributed by atoms with Crippen molar-refractivity contribution >= 4 is 0 Å². The van der Waals surface area contributed by atoms with Gasteiger partial charge in [-0.15, -0.1) is 0 Å². The minimum absolute atomic E-state index is 0.224. The first-order valence-corrected chi connectivity index (χ1v) is 6.68. The number of hydrogen-bond donors (Lipinski definition) is 0. The Bertz CT molecular complexity index is 427. The van der Waals surface area contributed by atoms with Crippen LogP contribution in [0.5, 0.6) is 5.75 Å². The van der Waals surface area contributed by atoms with Gasteiger partial charge in [-0.05, 0) is 43.9 Å². The molecule has 0 amide bonds. The lowest BCUT2D eigenvalue weighted by molar-refractivity contribution is 0.230. The predicted octanol–water partition coefficient (Wildman–Crippen LogP) is 4.40. The number of aryl methyl sites for hydroxylation is 2. The van der Waals surface area contributed by atoms with Gasteiger partial charge in [0.2, 0.25) is 0 Å². The molecule has 0 aliphatic rings. The average Bonchev–Trinajstić information content (AvgIpc) is 2.39. The van der Waals surface area contributed by atoms with Crippen molar-refractivity contribution < 1.29 is 4.74 Å². The molecule has 0 saturated carbocycles. The van der Waals surface area contributed by atoms with Crippen LogP contribution in [0.3, 0.4) is 0 Å². The Morgan fingerprint density at radius 2 is 1.89 bits per heavy atom. The lowest BCUT2D eigenvalue weighted by atomic mass is 9.81. The largest absolute Gasteiger partial charge is 0.493 e. The molecule has 98 valence electrons. The first-order chi connectivity index (χ1) is 8.56. The van der Waals surface area contributed by atoms with Gasteiger partial charge in [0.15, 0.2) is 0 Å². The maximum absolute atomic E-state index is 9.27. The lowest BCUT2D eigenvalue weighted by Crippen LogP contribution is -2.20. The van der Waals surface area contributed by atoms with Gasteiger partial charge < -0.3 is 4.74 Å². The van der Waals surface area contributed by atoms with E-state index in [-0.39, 0.29) is 5.41 Å². The molecule has 0 aliphatic heterocycles. The molecule has 0 aliphatic carbocycles. The quantitative estimate of drug-likeness (QED) is 0.744. The predicted molar refractivity (Wildman–Crippen MR) is 74.7 cm³/mol. The molecule has 18 heavy (non-hydrogen) atoms. The van der Waals surface area contributed by atoms with Crippen LogP contribution in [0.25, 0.3) is 0 Å². The Labute approximate surface area is 111 Å². The van der Waals surface area contributed by atoms with Crippen molar-refractivity contribution in [3.63, 3.8) is 0 Å². The van der Waals surface area contributed by atoms with E-state index in [2.05, 4.69) is 45.0 Å². The third-order valence-electron chi connectivity index (χ3n) is 3.77. The molecule has 0 heterocycles. The molecule has 1 rings (SSSR count). The Morgan fingerprint density at radius 3 is 2.44 bits per heavy atom. The molecule has 1 aromatic rings. The number of ether oxygens (including phenoxy) is 1. The maximum Gasteiger partial charge on any atom is 0.122 e. The summed E-state index contributed by atoms with van der Waals surface area (Å²) in [6.07, 6.45) is 2.57. The Kier molecular flexibility index (Phi) is 5.22. The van der Waals surface area contributed by atoms with Crippen LogP contribution in [0, 0.1) is 30.6 Å². The van der Waals surface area contributed by atoms with Crippen LogP contribution in [-0.2, 0) is 0 Å². The van der Waals surface area contributed by atoms with Gasteiger partial charge in [-0.3, -0.25) is 0 Å². The van der Waals surface area contributed by atoms with Crippen molar-refractivity contribution in [3.05, 3.63) is 29.3 Å². The molecule has 0 fully saturated rings. The zero-order valence-corrected chi connectivity index (χ0v) is 11.9. The number of hydrogen-bond acceptors (Lipinski definition) is 2. The van der Waals surface area contributed by atoms with Gasteiger partial charge in [0.25, 0.3) is 0 Å². The normalized spacial score (nSPS) is 11.1. The summed E-state index contributed by atoms with van der Waals surface area (Å²) in [6, 6.07) is 8.66. The molecule has 0 unspecified atom stereocenters. The number of rotatable bonds is 6. The summed E-state index contributed by atoms with van der Waals surface area (Å²) in [6.45, 7) is 8.87. The Hall–Kier alpha value is -1.49. The fourth-order valence-electron chi connectivity index (χ4n) is 2.04. The molecule has 0 aromatic heterocycles. The highest BCUT2D eigenvalue weighted by molar-refractivity contribution is 5.35. The molecule has 0 N–H and O–H groups in total. The van der Waals surface area contributed by atoms with E-state index in [0.717, 1.165) is 30.6 Å². The molecule has 0 bridgehead atoms. The van der Waals surface area contributed by atoms with Crippen LogP contribution >= 0.6 is 0 Å². The number of nitrogens with zero attached hydrogens (tertiary/aromatic N) is 1. The van der Waals surface area contributed by atoms with Gasteiger partial charge in [-0.25, -0.2) is 0 Å². The Morgan fingerprint density at radius 1 is 1.22 bits per heavy atom. The smallest absolute Gasteiger partial charge is 0.122 e. The summed E-state index contributed by atoms with van der Waals surface area (Å²) in [5.41, 5.74) is 2.13. The Balaban J connectivity index is 2.61. The standard InChI is InChI=1S/C16H23NO/c1-5-16(6-2,12-17)9-10-18-15-11-13(3)7-8-14(15)4/h7-8,11H,5-6,9-10H2,1-4H3. The molecular formula is C16H23NO. The topological polar surface area (TPSA) is 33.0 Å². The van der Waals surface area contributed by atoms with Crippen LogP contribution in [-0.4, -0.2) is 6.61 Å². The van der Waals surface area contributed by atoms with Crippen molar-refractivity contribution in [2.75, 3.05) is 6.61 Å². The zero-order chi connectivity index (χ0) is 13.6. The summed E-state index contributed by atoms with van der Waals surface area (Å²) < 4.78 is 5.83. The summed E-state index contributed by atoms with van der Waals surface area (Å²) in [4.78, 5) is 0. The second kappa shape index (κ2) is 6.44. The highest BCUT2D eigenvalue weighted by atomic mass is 16.5. The highest BCUT2D eigenvalue weighted by Crippen LogP contribution is 2.30. The van der Waals surface area contributed by atoms with Crippen molar-refractivity contribution in [1.29, 1.82) is 5.26 Å². The van der Waals surface area contributed by atoms with Crippen molar-refractivity contribution in [1.82, 2.24) is 0 Å². The zero-order valence-electron chi connectivity index (χ0n) is 11.9. The summed E-state index contributed by atoms with van der Waals surface area (Å²) >= 11 is 0. The molecule has 0 saturated heterocycles. The first-order valence-electron chi connectivity index (χ1n) is 6.68. The van der Waals surface area contributed by atoms with E-state index in [1.54, 1.807) is 0 Å². The SMILES string of the molecule is CCC(C#N)(CC)CCOc1cc(C)ccc1C. The highest BCUT2D eigenvalue weighted by Gasteiger charge is 2.25. The second-order valence-corrected chi connectivity index (χ2v) is 4.97. The van der Waals surface area contributed by atoms with Crippen LogP contribution in [0.4, 0.5) is 0 Å². The summed E-state index contributed by atoms with van der Waals surface area (Å²) in [7, 11) is 0. The van der Waals surface area contributed by atoms with Crippen molar-refractivity contribution in [2.24, 2.45) is 5.41 Å². The van der Waals surface area contributed by atoms with Crippen LogP contribution in [0.15, 0.2) is 18.2 Å². The molecule has 0 radical (unpaired) electrons. The van der Waals surface area contributed by atoms with Gasteiger partial charge in [0.1, 0.15) is 5.75 Å². The minimum atomic E-state index is -0.224. The van der Waals surface area contributed by atoms with E-state index in [9.17, 15) is 5.26 Å². The van der Waals surface area contributed by atoms with Gasteiger partial charge in [-0.1, -0.05) is 26.0 Å². The maximum atomic E-state index is 9.27. The first kappa shape index (κ1) is 14.6. The van der Waals surface area contributed by atoms with Gasteiger partial charge >= 0.3 is 0 Å². The van der Waals surface area contributed by atoms with Crippen LogP contribution < -0.4 is 4.74 Å². The van der Waals surface area contributed by atoms with Crippen LogP contribution in [0.2, 0.25) is 0 Å². The van der Waals surface area contributed by atoms with E-state index < -0.39 is 0 Å². The van der Waals surface area contributed by atoms with E-state index in [1.807, 2.05) is 6.92 Å². The molecule has 0 spiro atoms. The lowest BCUT2D eigenvalue weighted by Gasteiger charge is -2.23. The molecule has 1 aromatic carbocycles. The van der Waals surface area contributed by atoms with Crippen molar-refractivity contribution in [3.8, 4) is 11.8 Å². The van der Waals surface area contributed by atoms with Gasteiger partial charge in [0.05, 0.1) is 18.1 Å². The van der Waals surface area contributed by atoms with Crippen molar-refractivity contribution in [2.45, 2.75) is 47.0 Å². The summed E-state index contributed by atoms with van der Waals surface area (Å²) in [5.74, 6) is 0.939. The number of benzene rings is 1. The van der Waals surface area contributed by atoms with E-state index >= 15 is 0 Å². The van der Waals surface area contributed by atoms with Gasteiger partial charge in [0, 0.05) is 6.42 Å². The minimum Gasteiger partial charge on any atom is -0.493 e. The van der Waals surface area contributed by atoms with Crippen LogP contribution in [0.1, 0.15) is 44.2 Å². The molecule has 0 atom stereocenters. The van der Waals surface area contributed by atoms with E-state index in [4.69, 9.17) is 4.74 Å². The van der Waals surface area contributed by atoms with Gasteiger partial charge in [-0.2, -0.15) is 5.26 Å². The van der Waals surface area contributed by atoms with E-state index in [1.165, 1.54) is 5.56 Å². The third-order valence-corrected chi connectivity index (χ3v) is 3.77. The fraction of sp³-hybridized carbons (Fsp3) is 0.562. The molecule has 2 heteroatoms. The molecular weight excluding hydrogens is 222 g/mol. The summed E-state index contributed by atoms with van der Waals surface area (Å²) in [5, 5.41) is 9.27. The number of nitriles is 1. The van der Waals surface area contributed by atoms with E-state index in [0.29, 0.717) is 6.61 Å². The fourth-order valence-corrected chi connectivity index (χ4v) is 2.04. The average molecular weight is 245 g/mol.